The van der Waals surface area contributed by atoms with Gasteiger partial charge in [-0.25, -0.2) is 0 Å². The van der Waals surface area contributed by atoms with Crippen molar-refractivity contribution in [1.82, 2.24) is 0 Å². The number of fused-ring (bicyclic) bond motifs is 1. The van der Waals surface area contributed by atoms with Gasteiger partial charge in [-0.1, -0.05) is 49.4 Å². The molecule has 0 heterocycles. The quantitative estimate of drug-likeness (QED) is 0.628. The Morgan fingerprint density at radius 3 is 2.69 bits per heavy atom. The summed E-state index contributed by atoms with van der Waals surface area (Å²) in [7, 11) is 0. The SMILES string of the molecule is CCC(CO)N=C1CCCC(=O)/C1=C(/O)Cc1cccc2ccccc12. The number of ketones is 1. The molecule has 1 fully saturated rings. The topological polar surface area (TPSA) is 69.9 Å². The van der Waals surface area contributed by atoms with Gasteiger partial charge in [0.15, 0.2) is 5.78 Å². The molecule has 0 amide bonds. The summed E-state index contributed by atoms with van der Waals surface area (Å²) in [4.78, 5) is 17.1. The lowest BCUT2D eigenvalue weighted by Crippen LogP contribution is -2.24. The number of carbonyl (C=O) groups is 1. The average Bonchev–Trinajstić information content (AvgIpc) is 2.66. The van der Waals surface area contributed by atoms with E-state index in [1.165, 1.54) is 0 Å². The Morgan fingerprint density at radius 2 is 1.92 bits per heavy atom. The lowest BCUT2D eigenvalue weighted by atomic mass is 9.88. The highest BCUT2D eigenvalue weighted by Crippen LogP contribution is 2.26. The van der Waals surface area contributed by atoms with Gasteiger partial charge in [-0.3, -0.25) is 9.79 Å². The smallest absolute Gasteiger partial charge is 0.168 e. The van der Waals surface area contributed by atoms with Crippen molar-refractivity contribution in [1.29, 1.82) is 0 Å². The number of rotatable bonds is 5. The second kappa shape index (κ2) is 8.28. The molecule has 4 nitrogen and oxygen atoms in total. The number of Topliss-reactive ketones (excluding diaryl/α,β-unsaturated/α-hetero) is 1. The summed E-state index contributed by atoms with van der Waals surface area (Å²) >= 11 is 0. The molecule has 2 aromatic carbocycles. The Labute approximate surface area is 153 Å². The lowest BCUT2D eigenvalue weighted by molar-refractivity contribution is -0.115. The third-order valence-electron chi connectivity index (χ3n) is 4.93. The molecule has 0 aliphatic heterocycles. The fourth-order valence-corrected chi connectivity index (χ4v) is 3.48. The fraction of sp³-hybridized carbons (Fsp3) is 0.364. The standard InChI is InChI=1S/C22H25NO3/c1-2-17(14-24)23-19-11-6-12-20(25)22(19)21(26)13-16-9-5-8-15-7-3-4-10-18(15)16/h3-5,7-10,17,24,26H,2,6,11-14H2,1H3/b22-21+,23-19?. The van der Waals surface area contributed by atoms with Gasteiger partial charge < -0.3 is 10.2 Å². The van der Waals surface area contributed by atoms with Crippen molar-refractivity contribution in [2.75, 3.05) is 6.61 Å². The number of carbonyl (C=O) groups excluding carboxylic acids is 1. The zero-order valence-electron chi connectivity index (χ0n) is 15.1. The van der Waals surface area contributed by atoms with Crippen molar-refractivity contribution in [3.63, 3.8) is 0 Å². The molecule has 1 unspecified atom stereocenters. The van der Waals surface area contributed by atoms with Crippen molar-refractivity contribution in [3.05, 3.63) is 59.4 Å². The van der Waals surface area contributed by atoms with Crippen LogP contribution in [0.2, 0.25) is 0 Å². The number of allylic oxidation sites excluding steroid dienone is 2. The first-order valence-corrected chi connectivity index (χ1v) is 9.23. The number of aliphatic hydroxyl groups excluding tert-OH is 2. The number of nitrogens with zero attached hydrogens (tertiary/aromatic N) is 1. The van der Waals surface area contributed by atoms with Crippen LogP contribution in [0.25, 0.3) is 10.8 Å². The predicted octanol–water partition coefficient (Wildman–Crippen LogP) is 4.16. The van der Waals surface area contributed by atoms with Gasteiger partial charge in [-0.15, -0.1) is 0 Å². The molecule has 0 radical (unpaired) electrons. The Bertz CT molecular complexity index is 857. The van der Waals surface area contributed by atoms with E-state index in [2.05, 4.69) is 4.99 Å². The summed E-state index contributed by atoms with van der Waals surface area (Å²) in [6, 6.07) is 13.8. The molecule has 26 heavy (non-hydrogen) atoms. The Morgan fingerprint density at radius 1 is 1.15 bits per heavy atom. The highest BCUT2D eigenvalue weighted by atomic mass is 16.3. The zero-order chi connectivity index (χ0) is 18.5. The van der Waals surface area contributed by atoms with Crippen LogP contribution in [0.5, 0.6) is 0 Å². The van der Waals surface area contributed by atoms with Crippen LogP contribution in [-0.2, 0) is 11.2 Å². The van der Waals surface area contributed by atoms with Gasteiger partial charge in [0.25, 0.3) is 0 Å². The molecular weight excluding hydrogens is 326 g/mol. The monoisotopic (exact) mass is 351 g/mol. The minimum atomic E-state index is -0.226. The van der Waals surface area contributed by atoms with Gasteiger partial charge in [0.05, 0.1) is 18.2 Å². The fourth-order valence-electron chi connectivity index (χ4n) is 3.48. The van der Waals surface area contributed by atoms with E-state index in [0.717, 1.165) is 22.8 Å². The molecule has 1 saturated carbocycles. The van der Waals surface area contributed by atoms with E-state index in [4.69, 9.17) is 0 Å². The number of hydrogen-bond donors (Lipinski definition) is 2. The summed E-state index contributed by atoms with van der Waals surface area (Å²) in [5.41, 5.74) is 1.98. The third-order valence-corrected chi connectivity index (χ3v) is 4.93. The summed E-state index contributed by atoms with van der Waals surface area (Å²) in [6.45, 7) is 1.90. The van der Waals surface area contributed by atoms with Crippen LogP contribution in [-0.4, -0.2) is 34.4 Å². The van der Waals surface area contributed by atoms with Gasteiger partial charge in [0.1, 0.15) is 5.76 Å². The lowest BCUT2D eigenvalue weighted by Gasteiger charge is -2.20. The third kappa shape index (κ3) is 3.86. The van der Waals surface area contributed by atoms with Gasteiger partial charge in [0, 0.05) is 18.6 Å². The maximum absolute atomic E-state index is 12.5. The number of aliphatic hydroxyl groups is 2. The predicted molar refractivity (Wildman–Crippen MR) is 105 cm³/mol. The number of benzene rings is 2. The van der Waals surface area contributed by atoms with E-state index in [-0.39, 0.29) is 24.2 Å². The van der Waals surface area contributed by atoms with E-state index in [1.54, 1.807) is 0 Å². The molecule has 2 N–H and O–H groups in total. The Kier molecular flexibility index (Phi) is 5.84. The molecule has 4 heteroatoms. The van der Waals surface area contributed by atoms with Gasteiger partial charge in [0.2, 0.25) is 0 Å². The maximum Gasteiger partial charge on any atom is 0.168 e. The van der Waals surface area contributed by atoms with Crippen LogP contribution in [0.3, 0.4) is 0 Å². The first-order valence-electron chi connectivity index (χ1n) is 9.23. The summed E-state index contributed by atoms with van der Waals surface area (Å²) in [6.07, 6.45) is 2.84. The molecule has 1 aliphatic rings. The Balaban J connectivity index is 2.00. The van der Waals surface area contributed by atoms with Gasteiger partial charge >= 0.3 is 0 Å². The van der Waals surface area contributed by atoms with Gasteiger partial charge in [-0.2, -0.15) is 0 Å². The van der Waals surface area contributed by atoms with Crippen molar-refractivity contribution in [3.8, 4) is 0 Å². The second-order valence-corrected chi connectivity index (χ2v) is 6.73. The summed E-state index contributed by atoms with van der Waals surface area (Å²) < 4.78 is 0. The normalized spacial score (nSPS) is 19.8. The minimum Gasteiger partial charge on any atom is -0.511 e. The van der Waals surface area contributed by atoms with Crippen LogP contribution in [0.1, 0.15) is 38.2 Å². The highest BCUT2D eigenvalue weighted by molar-refractivity contribution is 6.24. The van der Waals surface area contributed by atoms with Crippen LogP contribution >= 0.6 is 0 Å². The molecular formula is C22H25NO3. The van der Waals surface area contributed by atoms with E-state index < -0.39 is 0 Å². The number of hydrogen-bond acceptors (Lipinski definition) is 4. The van der Waals surface area contributed by atoms with E-state index in [0.29, 0.717) is 37.0 Å². The molecule has 0 spiro atoms. The maximum atomic E-state index is 12.5. The van der Waals surface area contributed by atoms with E-state index >= 15 is 0 Å². The zero-order valence-corrected chi connectivity index (χ0v) is 15.1. The molecule has 0 aromatic heterocycles. The van der Waals surface area contributed by atoms with Crippen LogP contribution < -0.4 is 0 Å². The average molecular weight is 351 g/mol. The Hall–Kier alpha value is -2.46. The summed E-state index contributed by atoms with van der Waals surface area (Å²) in [5.74, 6) is 0.0260. The molecule has 1 aliphatic carbocycles. The van der Waals surface area contributed by atoms with Crippen molar-refractivity contribution in [2.24, 2.45) is 4.99 Å². The largest absolute Gasteiger partial charge is 0.511 e. The molecule has 0 saturated heterocycles. The highest BCUT2D eigenvalue weighted by Gasteiger charge is 2.26. The van der Waals surface area contributed by atoms with Crippen molar-refractivity contribution in [2.45, 2.75) is 45.1 Å². The summed E-state index contributed by atoms with van der Waals surface area (Å²) in [5, 5.41) is 22.4. The van der Waals surface area contributed by atoms with Crippen molar-refractivity contribution < 1.29 is 15.0 Å². The molecule has 2 aromatic rings. The molecule has 1 atom stereocenters. The molecule has 136 valence electrons. The number of aliphatic imine (C=N–C) groups is 1. The second-order valence-electron chi connectivity index (χ2n) is 6.73. The van der Waals surface area contributed by atoms with Crippen molar-refractivity contribution >= 4 is 22.3 Å². The minimum absolute atomic E-state index is 0.0500. The molecule has 3 rings (SSSR count). The first-order chi connectivity index (χ1) is 12.6. The molecule has 0 bridgehead atoms. The first kappa shape index (κ1) is 18.3. The van der Waals surface area contributed by atoms with Crippen LogP contribution in [0.15, 0.2) is 58.8 Å². The van der Waals surface area contributed by atoms with E-state index in [9.17, 15) is 15.0 Å². The van der Waals surface area contributed by atoms with E-state index in [1.807, 2.05) is 49.4 Å². The van der Waals surface area contributed by atoms with Crippen LogP contribution in [0.4, 0.5) is 0 Å². The van der Waals surface area contributed by atoms with Gasteiger partial charge in [-0.05, 0) is 35.6 Å². The van der Waals surface area contributed by atoms with Crippen LogP contribution in [0, 0.1) is 0 Å².